The molecule has 0 bridgehead atoms. The second kappa shape index (κ2) is 9.62. The Bertz CT molecular complexity index is 1140. The Balaban J connectivity index is 1.35. The molecule has 0 saturated carbocycles. The number of amides is 1. The SMILES string of the molecule is O=C(CN1CCN(c2nccn2-c2cccc(Cl)c2)CC1)Nc1cc(C(F)(F)F)ccc1Cl. The third-order valence-corrected chi connectivity index (χ3v) is 5.86. The average molecular weight is 498 g/mol. The van der Waals surface area contributed by atoms with Crippen LogP contribution in [0.4, 0.5) is 24.8 Å². The fraction of sp³-hybridized carbons (Fsp3) is 0.273. The second-order valence-electron chi connectivity index (χ2n) is 7.58. The number of benzene rings is 2. The van der Waals surface area contributed by atoms with Crippen molar-refractivity contribution in [2.45, 2.75) is 6.18 Å². The molecule has 6 nitrogen and oxygen atoms in total. The molecule has 2 aromatic carbocycles. The largest absolute Gasteiger partial charge is 0.416 e. The number of imidazole rings is 1. The summed E-state index contributed by atoms with van der Waals surface area (Å²) in [6, 6.07) is 10.3. The average Bonchev–Trinajstić information content (AvgIpc) is 3.25. The highest BCUT2D eigenvalue weighted by Crippen LogP contribution is 2.33. The number of nitrogens with one attached hydrogen (secondary N) is 1. The minimum atomic E-state index is -4.52. The fourth-order valence-corrected chi connectivity index (χ4v) is 4.00. The predicted octanol–water partition coefficient (Wildman–Crippen LogP) is 4.96. The molecule has 4 rings (SSSR count). The van der Waals surface area contributed by atoms with Crippen molar-refractivity contribution >= 4 is 40.7 Å². The van der Waals surface area contributed by atoms with E-state index in [2.05, 4.69) is 15.2 Å². The van der Waals surface area contributed by atoms with Crippen LogP contribution in [-0.4, -0.2) is 53.1 Å². The van der Waals surface area contributed by atoms with E-state index in [1.807, 2.05) is 33.9 Å². The van der Waals surface area contributed by atoms with Gasteiger partial charge in [-0.1, -0.05) is 29.3 Å². The van der Waals surface area contributed by atoms with Crippen molar-refractivity contribution in [3.05, 3.63) is 70.5 Å². The summed E-state index contributed by atoms with van der Waals surface area (Å²) >= 11 is 12.1. The van der Waals surface area contributed by atoms with Crippen molar-refractivity contribution in [1.29, 1.82) is 0 Å². The van der Waals surface area contributed by atoms with Crippen LogP contribution in [0, 0.1) is 0 Å². The maximum Gasteiger partial charge on any atom is 0.416 e. The summed E-state index contributed by atoms with van der Waals surface area (Å²) in [5.41, 5.74) is -0.0283. The van der Waals surface area contributed by atoms with Gasteiger partial charge in [0, 0.05) is 49.3 Å². The summed E-state index contributed by atoms with van der Waals surface area (Å²) in [5.74, 6) is 0.349. The van der Waals surface area contributed by atoms with Crippen molar-refractivity contribution in [2.24, 2.45) is 0 Å². The summed E-state index contributed by atoms with van der Waals surface area (Å²) in [7, 11) is 0. The number of aromatic nitrogens is 2. The molecule has 1 aliphatic rings. The van der Waals surface area contributed by atoms with E-state index < -0.39 is 17.6 Å². The number of anilines is 2. The first-order valence-corrected chi connectivity index (χ1v) is 10.9. The lowest BCUT2D eigenvalue weighted by atomic mass is 10.2. The van der Waals surface area contributed by atoms with E-state index in [9.17, 15) is 18.0 Å². The molecule has 2 heterocycles. The number of rotatable bonds is 5. The molecule has 0 unspecified atom stereocenters. The van der Waals surface area contributed by atoms with Crippen LogP contribution in [0.5, 0.6) is 0 Å². The van der Waals surface area contributed by atoms with Crippen LogP contribution in [0.25, 0.3) is 5.69 Å². The molecule has 1 amide bonds. The van der Waals surface area contributed by atoms with Crippen molar-refractivity contribution < 1.29 is 18.0 Å². The smallest absolute Gasteiger partial charge is 0.339 e. The zero-order valence-corrected chi connectivity index (χ0v) is 18.8. The number of hydrogen-bond donors (Lipinski definition) is 1. The molecule has 1 saturated heterocycles. The van der Waals surface area contributed by atoms with Gasteiger partial charge in [0.2, 0.25) is 11.9 Å². The minimum absolute atomic E-state index is 0.0448. The van der Waals surface area contributed by atoms with E-state index in [1.54, 1.807) is 12.3 Å². The Morgan fingerprint density at radius 3 is 2.52 bits per heavy atom. The molecule has 1 N–H and O–H groups in total. The van der Waals surface area contributed by atoms with E-state index in [1.165, 1.54) is 0 Å². The topological polar surface area (TPSA) is 53.4 Å². The Kier molecular flexibility index (Phi) is 6.83. The minimum Gasteiger partial charge on any atom is -0.339 e. The molecule has 33 heavy (non-hydrogen) atoms. The number of carbonyl (C=O) groups excluding carboxylic acids is 1. The predicted molar refractivity (Wildman–Crippen MR) is 122 cm³/mol. The Labute approximate surface area is 198 Å². The summed E-state index contributed by atoms with van der Waals surface area (Å²) in [4.78, 5) is 20.9. The molecule has 1 fully saturated rings. The summed E-state index contributed by atoms with van der Waals surface area (Å²) in [6.45, 7) is 2.49. The van der Waals surface area contributed by atoms with Gasteiger partial charge in [-0.2, -0.15) is 13.2 Å². The highest BCUT2D eigenvalue weighted by molar-refractivity contribution is 6.33. The lowest BCUT2D eigenvalue weighted by molar-refractivity contribution is -0.137. The lowest BCUT2D eigenvalue weighted by Crippen LogP contribution is -2.49. The summed E-state index contributed by atoms with van der Waals surface area (Å²) in [6.07, 6.45) is -0.939. The number of nitrogens with zero attached hydrogens (tertiary/aromatic N) is 4. The van der Waals surface area contributed by atoms with Crippen molar-refractivity contribution in [1.82, 2.24) is 14.5 Å². The van der Waals surface area contributed by atoms with Gasteiger partial charge in [-0.3, -0.25) is 14.3 Å². The third kappa shape index (κ3) is 5.61. The van der Waals surface area contributed by atoms with Crippen LogP contribution in [0.2, 0.25) is 10.0 Å². The van der Waals surface area contributed by atoms with Gasteiger partial charge in [0.25, 0.3) is 0 Å². The maximum absolute atomic E-state index is 12.9. The Hall–Kier alpha value is -2.75. The molecule has 0 radical (unpaired) electrons. The van der Waals surface area contributed by atoms with Gasteiger partial charge in [0.15, 0.2) is 0 Å². The lowest BCUT2D eigenvalue weighted by Gasteiger charge is -2.35. The zero-order valence-electron chi connectivity index (χ0n) is 17.3. The highest BCUT2D eigenvalue weighted by Gasteiger charge is 2.31. The molecule has 174 valence electrons. The van der Waals surface area contributed by atoms with Crippen LogP contribution in [0.1, 0.15) is 5.56 Å². The number of carbonyl (C=O) groups is 1. The standard InChI is InChI=1S/C22H20Cl2F3N5O/c23-16-2-1-3-17(13-16)32-7-6-28-21(32)31-10-8-30(9-11-31)14-20(33)29-19-12-15(22(25,26)27)4-5-18(19)24/h1-7,12-13H,8-11,14H2,(H,29,33). The van der Waals surface area contributed by atoms with Crippen molar-refractivity contribution in [2.75, 3.05) is 42.9 Å². The van der Waals surface area contributed by atoms with Gasteiger partial charge in [-0.15, -0.1) is 0 Å². The molecule has 0 atom stereocenters. The summed E-state index contributed by atoms with van der Waals surface area (Å²) < 4.78 is 40.8. The van der Waals surface area contributed by atoms with Crippen LogP contribution < -0.4 is 10.2 Å². The number of hydrogen-bond acceptors (Lipinski definition) is 4. The van der Waals surface area contributed by atoms with Crippen LogP contribution in [0.15, 0.2) is 54.9 Å². The maximum atomic E-state index is 12.9. The van der Waals surface area contributed by atoms with E-state index >= 15 is 0 Å². The first-order chi connectivity index (χ1) is 15.7. The van der Waals surface area contributed by atoms with Crippen LogP contribution in [0.3, 0.4) is 0 Å². The molecule has 11 heteroatoms. The first-order valence-electron chi connectivity index (χ1n) is 10.1. The number of alkyl halides is 3. The van der Waals surface area contributed by atoms with Gasteiger partial charge >= 0.3 is 6.18 Å². The van der Waals surface area contributed by atoms with Gasteiger partial charge in [-0.25, -0.2) is 4.98 Å². The molecular weight excluding hydrogens is 478 g/mol. The highest BCUT2D eigenvalue weighted by atomic mass is 35.5. The van der Waals surface area contributed by atoms with Crippen LogP contribution >= 0.6 is 23.2 Å². The molecule has 0 aliphatic carbocycles. The van der Waals surface area contributed by atoms with Gasteiger partial charge < -0.3 is 10.2 Å². The zero-order chi connectivity index (χ0) is 23.6. The molecule has 1 aromatic heterocycles. The monoisotopic (exact) mass is 497 g/mol. The Morgan fingerprint density at radius 2 is 1.82 bits per heavy atom. The van der Waals surface area contributed by atoms with Crippen molar-refractivity contribution in [3.63, 3.8) is 0 Å². The molecule has 3 aromatic rings. The van der Waals surface area contributed by atoms with E-state index in [4.69, 9.17) is 23.2 Å². The Morgan fingerprint density at radius 1 is 1.06 bits per heavy atom. The summed E-state index contributed by atoms with van der Waals surface area (Å²) in [5, 5.41) is 3.17. The normalized spacial score (nSPS) is 15.0. The van der Waals surface area contributed by atoms with E-state index in [0.717, 1.165) is 29.8 Å². The van der Waals surface area contributed by atoms with Gasteiger partial charge in [-0.05, 0) is 36.4 Å². The first kappa shape index (κ1) is 23.4. The van der Waals surface area contributed by atoms with E-state index in [0.29, 0.717) is 31.2 Å². The quantitative estimate of drug-likeness (QED) is 0.541. The number of piperazine rings is 1. The van der Waals surface area contributed by atoms with Gasteiger partial charge in [0.1, 0.15) is 0 Å². The molecule has 0 spiro atoms. The number of halogens is 5. The second-order valence-corrected chi connectivity index (χ2v) is 8.42. The molecular formula is C22H20Cl2F3N5O. The van der Waals surface area contributed by atoms with E-state index in [-0.39, 0.29) is 17.3 Å². The van der Waals surface area contributed by atoms with Crippen LogP contribution in [-0.2, 0) is 11.0 Å². The van der Waals surface area contributed by atoms with Gasteiger partial charge in [0.05, 0.1) is 22.8 Å². The fourth-order valence-electron chi connectivity index (χ4n) is 3.65. The van der Waals surface area contributed by atoms with Crippen molar-refractivity contribution in [3.8, 4) is 5.69 Å². The third-order valence-electron chi connectivity index (χ3n) is 5.30. The molecule has 1 aliphatic heterocycles.